The Morgan fingerprint density at radius 2 is 1.89 bits per heavy atom. The van der Waals surface area contributed by atoms with Gasteiger partial charge in [-0.25, -0.2) is 4.98 Å². The maximum absolute atomic E-state index is 9.83. The molecule has 35 heavy (non-hydrogen) atoms. The van der Waals surface area contributed by atoms with Crippen molar-refractivity contribution in [1.29, 1.82) is 0 Å². The summed E-state index contributed by atoms with van der Waals surface area (Å²) in [4.78, 5) is 4.19. The molecule has 1 aliphatic heterocycles. The van der Waals surface area contributed by atoms with Crippen molar-refractivity contribution in [1.82, 2.24) is 20.0 Å². The van der Waals surface area contributed by atoms with Crippen molar-refractivity contribution in [3.63, 3.8) is 0 Å². The molecule has 0 radical (unpaired) electrons. The first-order valence-electron chi connectivity index (χ1n) is 11.8. The monoisotopic (exact) mass is 484 g/mol. The lowest BCUT2D eigenvalue weighted by molar-refractivity contribution is 0.184. The Morgan fingerprint density at radius 3 is 2.57 bits per heavy atom. The smallest absolute Gasteiger partial charge is 0.167 e. The number of aliphatic hydroxyl groups is 1. The maximum atomic E-state index is 9.83. The van der Waals surface area contributed by atoms with Crippen LogP contribution in [0.15, 0.2) is 71.5 Å². The van der Waals surface area contributed by atoms with Gasteiger partial charge in [0.25, 0.3) is 0 Å². The predicted octanol–water partition coefficient (Wildman–Crippen LogP) is 4.63. The third-order valence-electron chi connectivity index (χ3n) is 6.01. The molecule has 1 fully saturated rings. The number of nitrogens with zero attached hydrogens (tertiary/aromatic N) is 3. The van der Waals surface area contributed by atoms with Crippen molar-refractivity contribution >= 4 is 11.8 Å². The molecule has 2 atom stereocenters. The molecule has 2 aromatic carbocycles. The summed E-state index contributed by atoms with van der Waals surface area (Å²) in [6, 6.07) is 19.0. The van der Waals surface area contributed by atoms with Crippen molar-refractivity contribution in [2.45, 2.75) is 38.6 Å². The second-order valence-corrected chi connectivity index (χ2v) is 9.89. The van der Waals surface area contributed by atoms with Gasteiger partial charge in [0.05, 0.1) is 6.54 Å². The Hall–Kier alpha value is -3.31. The van der Waals surface area contributed by atoms with E-state index in [1.54, 1.807) is 13.1 Å². The molecular weight excluding hydrogens is 456 g/mol. The van der Waals surface area contributed by atoms with Crippen LogP contribution in [0, 0.1) is 11.8 Å². The molecule has 3 heterocycles. The lowest BCUT2D eigenvalue weighted by Crippen LogP contribution is -2.27. The van der Waals surface area contributed by atoms with E-state index in [2.05, 4.69) is 51.6 Å². The Morgan fingerprint density at radius 1 is 1.14 bits per heavy atom. The minimum atomic E-state index is -0.638. The largest absolute Gasteiger partial charge is 0.385 e. The SMILES string of the molecule is C[C@H](O)c1nccn1Cc1cc(-c2ccc(C#Cc3ccc(CNC4CCSC4)cc3)cc2)on1. The van der Waals surface area contributed by atoms with E-state index in [0.717, 1.165) is 28.9 Å². The molecule has 0 spiro atoms. The van der Waals surface area contributed by atoms with Gasteiger partial charge >= 0.3 is 0 Å². The van der Waals surface area contributed by atoms with Gasteiger partial charge in [-0.15, -0.1) is 0 Å². The zero-order valence-corrected chi connectivity index (χ0v) is 20.5. The Bertz CT molecular complexity index is 1310. The highest BCUT2D eigenvalue weighted by atomic mass is 32.2. The predicted molar refractivity (Wildman–Crippen MR) is 139 cm³/mol. The molecule has 0 amide bonds. The Balaban J connectivity index is 1.19. The van der Waals surface area contributed by atoms with E-state index in [-0.39, 0.29) is 0 Å². The number of aliphatic hydroxyl groups excluding tert-OH is 1. The molecule has 4 aromatic rings. The summed E-state index contributed by atoms with van der Waals surface area (Å²) in [6.07, 6.45) is 4.12. The summed E-state index contributed by atoms with van der Waals surface area (Å²) in [5.41, 5.74) is 4.94. The van der Waals surface area contributed by atoms with Gasteiger partial charge in [0.2, 0.25) is 0 Å². The number of hydrogen-bond acceptors (Lipinski definition) is 6. The summed E-state index contributed by atoms with van der Waals surface area (Å²) in [6.45, 7) is 3.09. The zero-order valence-electron chi connectivity index (χ0n) is 19.6. The molecule has 1 aliphatic rings. The summed E-state index contributed by atoms with van der Waals surface area (Å²) in [5.74, 6) is 10.3. The van der Waals surface area contributed by atoms with E-state index in [9.17, 15) is 5.11 Å². The van der Waals surface area contributed by atoms with Crippen molar-refractivity contribution in [2.24, 2.45) is 0 Å². The first kappa shape index (κ1) is 23.4. The van der Waals surface area contributed by atoms with Crippen molar-refractivity contribution in [3.8, 4) is 23.2 Å². The van der Waals surface area contributed by atoms with Crippen LogP contribution < -0.4 is 5.32 Å². The molecule has 6 nitrogen and oxygen atoms in total. The highest BCUT2D eigenvalue weighted by Gasteiger charge is 2.14. The van der Waals surface area contributed by atoms with E-state index in [1.807, 2.05) is 52.9 Å². The van der Waals surface area contributed by atoms with Crippen LogP contribution in [0.3, 0.4) is 0 Å². The van der Waals surface area contributed by atoms with Gasteiger partial charge in [-0.1, -0.05) is 29.1 Å². The normalized spacial score (nSPS) is 16.1. The van der Waals surface area contributed by atoms with E-state index in [0.29, 0.717) is 24.2 Å². The maximum Gasteiger partial charge on any atom is 0.167 e. The van der Waals surface area contributed by atoms with Gasteiger partial charge in [-0.3, -0.25) is 0 Å². The molecule has 1 saturated heterocycles. The quantitative estimate of drug-likeness (QED) is 0.373. The van der Waals surface area contributed by atoms with E-state index in [1.165, 1.54) is 23.5 Å². The first-order chi connectivity index (χ1) is 17.1. The van der Waals surface area contributed by atoms with Crippen LogP contribution in [0.4, 0.5) is 0 Å². The second kappa shape index (κ2) is 11.0. The highest BCUT2D eigenvalue weighted by Crippen LogP contribution is 2.22. The Kier molecular flexibility index (Phi) is 7.34. The van der Waals surface area contributed by atoms with Crippen molar-refractivity contribution < 1.29 is 9.63 Å². The second-order valence-electron chi connectivity index (χ2n) is 8.74. The fraction of sp³-hybridized carbons (Fsp3) is 0.286. The molecule has 7 heteroatoms. The third kappa shape index (κ3) is 6.04. The fourth-order valence-electron chi connectivity index (χ4n) is 4.04. The highest BCUT2D eigenvalue weighted by molar-refractivity contribution is 7.99. The van der Waals surface area contributed by atoms with Gasteiger partial charge in [0.1, 0.15) is 17.6 Å². The van der Waals surface area contributed by atoms with Crippen LogP contribution in [-0.2, 0) is 13.1 Å². The topological polar surface area (TPSA) is 76.1 Å². The van der Waals surface area contributed by atoms with Crippen molar-refractivity contribution in [3.05, 3.63) is 95.2 Å². The molecule has 0 bridgehead atoms. The van der Waals surface area contributed by atoms with E-state index >= 15 is 0 Å². The van der Waals surface area contributed by atoms with Crippen LogP contribution in [0.2, 0.25) is 0 Å². The minimum absolute atomic E-state index is 0.488. The summed E-state index contributed by atoms with van der Waals surface area (Å²) < 4.78 is 7.41. The standard InChI is InChI=1S/C28H28N4O2S/c1-20(33)28-29-13-14-32(28)18-26-16-27(34-31-26)24-10-8-22(9-11-24)3-2-21-4-6-23(7-5-21)17-30-25-12-15-35-19-25/h4-11,13-14,16,20,25,30,33H,12,15,17-19H2,1H3/t20-,25?/m0/s1. The zero-order chi connectivity index (χ0) is 24.0. The number of nitrogens with one attached hydrogen (secondary N) is 1. The van der Waals surface area contributed by atoms with Crippen LogP contribution in [0.5, 0.6) is 0 Å². The molecule has 5 rings (SSSR count). The third-order valence-corrected chi connectivity index (χ3v) is 7.17. The van der Waals surface area contributed by atoms with Crippen LogP contribution in [-0.4, -0.2) is 37.4 Å². The fourth-order valence-corrected chi connectivity index (χ4v) is 5.23. The number of hydrogen-bond donors (Lipinski definition) is 2. The number of aromatic nitrogens is 3. The van der Waals surface area contributed by atoms with Crippen LogP contribution in [0.25, 0.3) is 11.3 Å². The molecule has 0 saturated carbocycles. The molecule has 0 aliphatic carbocycles. The number of imidazole rings is 1. The lowest BCUT2D eigenvalue weighted by Gasteiger charge is -2.10. The lowest BCUT2D eigenvalue weighted by atomic mass is 10.1. The van der Waals surface area contributed by atoms with Gasteiger partial charge in [0.15, 0.2) is 5.76 Å². The van der Waals surface area contributed by atoms with Gasteiger partial charge in [-0.05, 0) is 61.1 Å². The van der Waals surface area contributed by atoms with Crippen LogP contribution in [0.1, 0.15) is 47.7 Å². The Labute approximate surface area is 209 Å². The first-order valence-corrected chi connectivity index (χ1v) is 13.0. The number of benzene rings is 2. The molecule has 2 N–H and O–H groups in total. The van der Waals surface area contributed by atoms with Crippen LogP contribution >= 0.6 is 11.8 Å². The van der Waals surface area contributed by atoms with Gasteiger partial charge < -0.3 is 19.5 Å². The minimum Gasteiger partial charge on any atom is -0.385 e. The molecule has 178 valence electrons. The number of rotatable bonds is 7. The molecule has 1 unspecified atom stereocenters. The summed E-state index contributed by atoms with van der Waals surface area (Å²) in [7, 11) is 0. The number of thioether (sulfide) groups is 1. The van der Waals surface area contributed by atoms with Gasteiger partial charge in [-0.2, -0.15) is 11.8 Å². The molecular formula is C28H28N4O2S. The van der Waals surface area contributed by atoms with Crippen molar-refractivity contribution in [2.75, 3.05) is 11.5 Å². The average molecular weight is 485 g/mol. The summed E-state index contributed by atoms with van der Waals surface area (Å²) >= 11 is 2.03. The molecule has 2 aromatic heterocycles. The summed E-state index contributed by atoms with van der Waals surface area (Å²) in [5, 5.41) is 17.6. The van der Waals surface area contributed by atoms with Gasteiger partial charge in [0, 0.05) is 53.5 Å². The van der Waals surface area contributed by atoms with E-state index < -0.39 is 6.10 Å². The van der Waals surface area contributed by atoms with E-state index in [4.69, 9.17) is 4.52 Å². The average Bonchev–Trinajstić information content (AvgIpc) is 3.65.